The summed E-state index contributed by atoms with van der Waals surface area (Å²) in [5.41, 5.74) is 0. The standard InChI is InChI=1S/C15H27N3O/c19-15-2-1-9-18(15)14-5-10-17(11-6-14)12-13-3-7-16-8-4-13/h13-14,16H,1-12H2. The summed E-state index contributed by atoms with van der Waals surface area (Å²) in [7, 11) is 0. The molecular weight excluding hydrogens is 238 g/mol. The Morgan fingerprint density at radius 2 is 1.79 bits per heavy atom. The lowest BCUT2D eigenvalue weighted by molar-refractivity contribution is -0.130. The molecule has 0 bridgehead atoms. The number of amides is 1. The van der Waals surface area contributed by atoms with E-state index in [0.717, 1.165) is 25.3 Å². The van der Waals surface area contributed by atoms with E-state index >= 15 is 0 Å². The van der Waals surface area contributed by atoms with Crippen LogP contribution in [-0.2, 0) is 4.79 Å². The molecular formula is C15H27N3O. The second-order valence-corrected chi connectivity index (χ2v) is 6.42. The Bertz CT molecular complexity index is 307. The number of hydrogen-bond donors (Lipinski definition) is 1. The van der Waals surface area contributed by atoms with Crippen LogP contribution in [0.15, 0.2) is 0 Å². The molecule has 3 heterocycles. The molecule has 1 N–H and O–H groups in total. The van der Waals surface area contributed by atoms with Crippen LogP contribution in [-0.4, -0.2) is 61.0 Å². The number of hydrogen-bond acceptors (Lipinski definition) is 3. The van der Waals surface area contributed by atoms with Crippen LogP contribution >= 0.6 is 0 Å². The smallest absolute Gasteiger partial charge is 0.222 e. The van der Waals surface area contributed by atoms with Gasteiger partial charge in [-0.2, -0.15) is 0 Å². The van der Waals surface area contributed by atoms with Gasteiger partial charge >= 0.3 is 0 Å². The van der Waals surface area contributed by atoms with Gasteiger partial charge in [0.2, 0.25) is 5.91 Å². The third kappa shape index (κ3) is 3.29. The molecule has 3 saturated heterocycles. The van der Waals surface area contributed by atoms with E-state index in [1.165, 1.54) is 58.4 Å². The molecule has 0 unspecified atom stereocenters. The predicted octanol–water partition coefficient (Wildman–Crippen LogP) is 1.07. The average Bonchev–Trinajstić information content (AvgIpc) is 2.87. The van der Waals surface area contributed by atoms with Gasteiger partial charge in [-0.25, -0.2) is 0 Å². The highest BCUT2D eigenvalue weighted by atomic mass is 16.2. The van der Waals surface area contributed by atoms with Gasteiger partial charge in [0.05, 0.1) is 0 Å². The molecule has 0 aromatic carbocycles. The second kappa shape index (κ2) is 6.23. The number of nitrogens with zero attached hydrogens (tertiary/aromatic N) is 2. The van der Waals surface area contributed by atoms with Crippen molar-refractivity contribution >= 4 is 5.91 Å². The summed E-state index contributed by atoms with van der Waals surface area (Å²) < 4.78 is 0. The van der Waals surface area contributed by atoms with E-state index in [4.69, 9.17) is 0 Å². The Morgan fingerprint density at radius 3 is 2.42 bits per heavy atom. The Balaban J connectivity index is 1.42. The van der Waals surface area contributed by atoms with Gasteiger partial charge in [0.25, 0.3) is 0 Å². The minimum Gasteiger partial charge on any atom is -0.340 e. The summed E-state index contributed by atoms with van der Waals surface area (Å²) in [5.74, 6) is 1.29. The van der Waals surface area contributed by atoms with Gasteiger partial charge in [-0.1, -0.05) is 0 Å². The topological polar surface area (TPSA) is 35.6 Å². The largest absolute Gasteiger partial charge is 0.340 e. The number of piperidine rings is 2. The number of likely N-dealkylation sites (tertiary alicyclic amines) is 2. The molecule has 1 amide bonds. The summed E-state index contributed by atoms with van der Waals surface area (Å²) in [4.78, 5) is 16.6. The molecule has 0 aromatic rings. The van der Waals surface area contributed by atoms with Crippen molar-refractivity contribution in [2.45, 2.75) is 44.6 Å². The number of carbonyl (C=O) groups is 1. The highest BCUT2D eigenvalue weighted by Crippen LogP contribution is 2.23. The van der Waals surface area contributed by atoms with Crippen LogP contribution in [0, 0.1) is 5.92 Å². The van der Waals surface area contributed by atoms with Crippen LogP contribution in [0.1, 0.15) is 38.5 Å². The van der Waals surface area contributed by atoms with Crippen LogP contribution in [0.5, 0.6) is 0 Å². The molecule has 0 saturated carbocycles. The van der Waals surface area contributed by atoms with Crippen LogP contribution in [0.3, 0.4) is 0 Å². The van der Waals surface area contributed by atoms with E-state index in [1.54, 1.807) is 0 Å². The minimum absolute atomic E-state index is 0.400. The van der Waals surface area contributed by atoms with E-state index in [2.05, 4.69) is 15.1 Å². The Labute approximate surface area is 116 Å². The van der Waals surface area contributed by atoms with Crippen LogP contribution in [0.4, 0.5) is 0 Å². The van der Waals surface area contributed by atoms with E-state index < -0.39 is 0 Å². The van der Waals surface area contributed by atoms with Crippen LogP contribution < -0.4 is 5.32 Å². The Hall–Kier alpha value is -0.610. The molecule has 0 spiro atoms. The van der Waals surface area contributed by atoms with Gasteiger partial charge in [0.1, 0.15) is 0 Å². The van der Waals surface area contributed by atoms with Gasteiger partial charge < -0.3 is 15.1 Å². The lowest BCUT2D eigenvalue weighted by Gasteiger charge is -2.38. The van der Waals surface area contributed by atoms with Crippen molar-refractivity contribution in [3.63, 3.8) is 0 Å². The molecule has 3 aliphatic rings. The molecule has 0 aliphatic carbocycles. The molecule has 3 fully saturated rings. The van der Waals surface area contributed by atoms with Crippen LogP contribution in [0.25, 0.3) is 0 Å². The van der Waals surface area contributed by atoms with Gasteiger partial charge in [-0.05, 0) is 51.1 Å². The molecule has 3 rings (SSSR count). The normalized spacial score (nSPS) is 28.2. The summed E-state index contributed by atoms with van der Waals surface area (Å²) in [6, 6.07) is 0.541. The maximum absolute atomic E-state index is 11.8. The van der Waals surface area contributed by atoms with Gasteiger partial charge in [-0.3, -0.25) is 4.79 Å². The van der Waals surface area contributed by atoms with Crippen molar-refractivity contribution in [2.75, 3.05) is 39.3 Å². The molecule has 4 heteroatoms. The van der Waals surface area contributed by atoms with Crippen molar-refractivity contribution in [3.05, 3.63) is 0 Å². The molecule has 4 nitrogen and oxygen atoms in total. The van der Waals surface area contributed by atoms with Crippen molar-refractivity contribution in [1.29, 1.82) is 0 Å². The first-order valence-corrected chi connectivity index (χ1v) is 8.05. The van der Waals surface area contributed by atoms with Crippen molar-refractivity contribution in [1.82, 2.24) is 15.1 Å². The van der Waals surface area contributed by atoms with E-state index in [1.807, 2.05) is 0 Å². The van der Waals surface area contributed by atoms with Crippen molar-refractivity contribution in [3.8, 4) is 0 Å². The average molecular weight is 265 g/mol. The lowest BCUT2D eigenvalue weighted by atomic mass is 9.95. The summed E-state index contributed by atoms with van der Waals surface area (Å²) in [6.07, 6.45) is 6.92. The quantitative estimate of drug-likeness (QED) is 0.829. The summed E-state index contributed by atoms with van der Waals surface area (Å²) >= 11 is 0. The van der Waals surface area contributed by atoms with E-state index in [0.29, 0.717) is 11.9 Å². The zero-order valence-corrected chi connectivity index (χ0v) is 11.9. The number of rotatable bonds is 3. The molecule has 0 atom stereocenters. The zero-order chi connectivity index (χ0) is 13.1. The second-order valence-electron chi connectivity index (χ2n) is 6.42. The number of carbonyl (C=O) groups excluding carboxylic acids is 1. The van der Waals surface area contributed by atoms with Gasteiger partial charge in [0.15, 0.2) is 0 Å². The first-order valence-electron chi connectivity index (χ1n) is 8.05. The van der Waals surface area contributed by atoms with Crippen LogP contribution in [0.2, 0.25) is 0 Å². The molecule has 19 heavy (non-hydrogen) atoms. The van der Waals surface area contributed by atoms with Crippen molar-refractivity contribution in [2.24, 2.45) is 5.92 Å². The fourth-order valence-electron chi connectivity index (χ4n) is 3.90. The molecule has 108 valence electrons. The third-order valence-electron chi connectivity index (χ3n) is 5.08. The lowest BCUT2D eigenvalue weighted by Crippen LogP contribution is -2.47. The fraction of sp³-hybridized carbons (Fsp3) is 0.933. The minimum atomic E-state index is 0.400. The maximum Gasteiger partial charge on any atom is 0.222 e. The highest BCUT2D eigenvalue weighted by molar-refractivity contribution is 5.78. The molecule has 0 radical (unpaired) electrons. The first kappa shape index (κ1) is 13.4. The Morgan fingerprint density at radius 1 is 1.05 bits per heavy atom. The van der Waals surface area contributed by atoms with Crippen molar-refractivity contribution < 1.29 is 4.79 Å². The zero-order valence-electron chi connectivity index (χ0n) is 11.9. The third-order valence-corrected chi connectivity index (χ3v) is 5.08. The monoisotopic (exact) mass is 265 g/mol. The Kier molecular flexibility index (Phi) is 4.38. The van der Waals surface area contributed by atoms with E-state index in [9.17, 15) is 4.79 Å². The predicted molar refractivity (Wildman–Crippen MR) is 76.0 cm³/mol. The first-order chi connectivity index (χ1) is 9.33. The summed E-state index contributed by atoms with van der Waals surface area (Å²) in [5, 5.41) is 3.44. The number of nitrogens with one attached hydrogen (secondary N) is 1. The molecule has 3 aliphatic heterocycles. The SMILES string of the molecule is O=C1CCCN1C1CCN(CC2CCNCC2)CC1. The van der Waals surface area contributed by atoms with E-state index in [-0.39, 0.29) is 0 Å². The van der Waals surface area contributed by atoms with Gasteiger partial charge in [0, 0.05) is 38.6 Å². The van der Waals surface area contributed by atoms with Gasteiger partial charge in [-0.15, -0.1) is 0 Å². The molecule has 0 aromatic heterocycles. The fourth-order valence-corrected chi connectivity index (χ4v) is 3.90. The highest BCUT2D eigenvalue weighted by Gasteiger charge is 2.31. The summed E-state index contributed by atoms with van der Waals surface area (Å²) in [6.45, 7) is 7.07. The maximum atomic E-state index is 11.8.